The highest BCUT2D eigenvalue weighted by molar-refractivity contribution is 7.90. The quantitative estimate of drug-likeness (QED) is 0.0297. The number of carbonyl (C=O) groups excluding carboxylic acids is 9. The number of aromatic nitrogens is 1. The lowest BCUT2D eigenvalue weighted by atomic mass is 9.81. The van der Waals surface area contributed by atoms with Gasteiger partial charge in [0.05, 0.1) is 40.8 Å². The fourth-order valence-corrected chi connectivity index (χ4v) is 11.6. The van der Waals surface area contributed by atoms with Gasteiger partial charge in [0.1, 0.15) is 47.7 Å². The van der Waals surface area contributed by atoms with Crippen LogP contribution in [0.1, 0.15) is 119 Å². The summed E-state index contributed by atoms with van der Waals surface area (Å²) in [4.78, 5) is 127. The monoisotopic (exact) mass is 1160 g/mol. The van der Waals surface area contributed by atoms with Gasteiger partial charge in [-0.3, -0.25) is 38.6 Å². The Bertz CT molecular complexity index is 3310. The molecule has 0 spiro atoms. The number of pyridine rings is 1. The molecule has 1 fully saturated rings. The van der Waals surface area contributed by atoms with Gasteiger partial charge >= 0.3 is 18.0 Å². The number of ether oxygens (including phenoxy) is 3. The minimum atomic E-state index is -3.67. The van der Waals surface area contributed by atoms with Crippen LogP contribution in [0.3, 0.4) is 0 Å². The number of hydrogen-bond acceptors (Lipinski definition) is 17. The summed E-state index contributed by atoms with van der Waals surface area (Å²) >= 11 is 0. The number of aliphatic hydroxyl groups is 1. The van der Waals surface area contributed by atoms with Gasteiger partial charge in [0.25, 0.3) is 0 Å². The van der Waals surface area contributed by atoms with Gasteiger partial charge in [0.2, 0.25) is 35.4 Å². The van der Waals surface area contributed by atoms with Crippen molar-refractivity contribution in [3.63, 3.8) is 0 Å². The Labute approximate surface area is 473 Å². The molecule has 1 aromatic heterocycles. The summed E-state index contributed by atoms with van der Waals surface area (Å²) in [6.07, 6.45) is 4.24. The average Bonchev–Trinajstić information content (AvgIpc) is 1.78. The molecule has 0 radical (unpaired) electrons. The Kier molecular flexibility index (Phi) is 18.3. The summed E-state index contributed by atoms with van der Waals surface area (Å²) in [5.41, 5.74) is 2.81. The van der Waals surface area contributed by atoms with Crippen LogP contribution in [0, 0.1) is 24.6 Å². The van der Waals surface area contributed by atoms with Gasteiger partial charge in [-0.25, -0.2) is 32.2 Å². The van der Waals surface area contributed by atoms with Gasteiger partial charge in [-0.15, -0.1) is 0 Å². The maximum Gasteiger partial charge on any atom is 0.411 e. The molecule has 1 aliphatic carbocycles. The molecule has 1 unspecified atom stereocenters. The van der Waals surface area contributed by atoms with E-state index < -0.39 is 101 Å². The van der Waals surface area contributed by atoms with Gasteiger partial charge in [-0.1, -0.05) is 46.2 Å². The van der Waals surface area contributed by atoms with Crippen LogP contribution >= 0.6 is 0 Å². The van der Waals surface area contributed by atoms with Crippen LogP contribution in [0.25, 0.3) is 16.6 Å². The molecule has 1 saturated heterocycles. The van der Waals surface area contributed by atoms with Crippen LogP contribution in [0.4, 0.5) is 14.9 Å². The number of sulfone groups is 1. The van der Waals surface area contributed by atoms with Crippen LogP contribution in [0.2, 0.25) is 0 Å². The van der Waals surface area contributed by atoms with Crippen molar-refractivity contribution < 1.29 is 75.3 Å². The Morgan fingerprint density at radius 2 is 1.72 bits per heavy atom. The predicted octanol–water partition coefficient (Wildman–Crippen LogP) is 3.67. The number of amides is 7. The molecule has 5 heterocycles. The van der Waals surface area contributed by atoms with Crippen LogP contribution in [-0.4, -0.2) is 149 Å². The Hall–Kier alpha value is -7.64. The number of nitrogens with zero attached hydrogens (tertiary/aromatic N) is 4. The van der Waals surface area contributed by atoms with Crippen molar-refractivity contribution in [2.24, 2.45) is 11.8 Å². The second kappa shape index (κ2) is 24.8. The number of unbranched alkanes of at least 4 members (excludes halogenated alkanes) is 2. The average molecular weight is 1160 g/mol. The minimum absolute atomic E-state index is 0.0732. The summed E-state index contributed by atoms with van der Waals surface area (Å²) in [6, 6.07) is 4.98. The Morgan fingerprint density at radius 1 is 0.988 bits per heavy atom. The predicted molar refractivity (Wildman–Crippen MR) is 293 cm³/mol. The zero-order chi connectivity index (χ0) is 59.5. The van der Waals surface area contributed by atoms with E-state index >= 15 is 4.39 Å². The molecule has 25 heteroatoms. The Morgan fingerprint density at radius 3 is 2.38 bits per heavy atom. The molecule has 2 aromatic carbocycles. The normalized spacial score (nSPS) is 20.0. The highest BCUT2D eigenvalue weighted by Crippen LogP contribution is 2.49. The lowest BCUT2D eigenvalue weighted by Gasteiger charge is -2.40. The number of rotatable bonds is 23. The molecular formula is C57H69FN8O15S. The zero-order valence-electron chi connectivity index (χ0n) is 46.9. The number of carbonyl (C=O) groups is 9. The number of likely N-dealkylation sites (tertiary alicyclic amines) is 1. The van der Waals surface area contributed by atoms with E-state index in [0.717, 1.165) is 16.7 Å². The van der Waals surface area contributed by atoms with E-state index in [1.54, 1.807) is 52.8 Å². The maximum absolute atomic E-state index is 15.5. The van der Waals surface area contributed by atoms with Crippen LogP contribution in [-0.2, 0) is 82.0 Å². The maximum atomic E-state index is 15.5. The fraction of sp³-hybridized carbons (Fsp3) is 0.509. The first-order valence-corrected chi connectivity index (χ1v) is 29.5. The fourth-order valence-electron chi connectivity index (χ4n) is 11.0. The third-order valence-corrected chi connectivity index (χ3v) is 16.6. The molecular weight excluding hydrogens is 1090 g/mol. The van der Waals surface area contributed by atoms with Gasteiger partial charge in [-0.2, -0.15) is 0 Å². The number of nitrogens with one attached hydrogen (secondary N) is 4. The molecule has 3 aromatic rings. The molecule has 5 aliphatic rings. The third-order valence-electron chi connectivity index (χ3n) is 15.7. The molecule has 82 heavy (non-hydrogen) atoms. The zero-order valence-corrected chi connectivity index (χ0v) is 47.7. The van der Waals surface area contributed by atoms with E-state index in [1.165, 1.54) is 30.0 Å². The van der Waals surface area contributed by atoms with Crippen molar-refractivity contribution in [1.82, 2.24) is 35.6 Å². The molecule has 440 valence electrons. The molecule has 5 atom stereocenters. The van der Waals surface area contributed by atoms with Crippen molar-refractivity contribution in [3.05, 3.63) is 86.9 Å². The number of benzene rings is 2. The summed E-state index contributed by atoms with van der Waals surface area (Å²) in [7, 11) is -3.67. The lowest BCUT2D eigenvalue weighted by Crippen LogP contribution is -2.53. The van der Waals surface area contributed by atoms with E-state index in [9.17, 15) is 56.7 Å². The number of fused-ring (bicyclic) bond motifs is 4. The summed E-state index contributed by atoms with van der Waals surface area (Å²) in [5, 5.41) is 21.3. The first-order valence-electron chi connectivity index (χ1n) is 27.4. The molecule has 0 bridgehead atoms. The van der Waals surface area contributed by atoms with E-state index in [0.29, 0.717) is 88.9 Å². The lowest BCUT2D eigenvalue weighted by molar-refractivity contribution is -0.180. The molecule has 0 saturated carbocycles. The van der Waals surface area contributed by atoms with Crippen molar-refractivity contribution in [1.29, 1.82) is 0 Å². The standard InChI is InChI=1S/C57H69FN8O15S/c1-8-57(39-23-43-50-38(26-65(43)25-37(39)54(74)81-55(57)75)48-41(61-45(69)27-67)18-17-36-32(5)40(58)24-42(62-50)47(36)48)80-29-64(20-21-82(7,77)78)56(76)79-28-34-13-15-35(16-14-34)60-51(71)33(6)59-52(72)49(30(2)3)63-44(68)12-10-9-11-19-66-46(70)22-31(4)53(66)73/h13-16,23-24,30-31,33,41,49,67H,8-12,17-22,25-29H2,1-7H3,(H,59,72)(H,60,71)(H,61,69)(H,63,68)/t31?,33-,41+,49-,57+/m0/s1. The van der Waals surface area contributed by atoms with Crippen molar-refractivity contribution in [2.45, 2.75) is 130 Å². The number of esters is 2. The van der Waals surface area contributed by atoms with Crippen LogP contribution in [0.15, 0.2) is 47.6 Å². The Balaban J connectivity index is 0.899. The molecule has 5 N–H and O–H groups in total. The molecule has 7 amide bonds. The molecule has 4 aliphatic heterocycles. The van der Waals surface area contributed by atoms with E-state index in [4.69, 9.17) is 19.2 Å². The second-order valence-corrected chi connectivity index (χ2v) is 24.1. The highest BCUT2D eigenvalue weighted by atomic mass is 32.2. The highest BCUT2D eigenvalue weighted by Gasteiger charge is 2.53. The number of hydrogen-bond donors (Lipinski definition) is 5. The van der Waals surface area contributed by atoms with E-state index in [2.05, 4.69) is 21.3 Å². The van der Waals surface area contributed by atoms with Gasteiger partial charge < -0.3 is 45.5 Å². The second-order valence-electron chi connectivity index (χ2n) is 21.9. The number of cyclic esters (lactones) is 2. The van der Waals surface area contributed by atoms with Gasteiger partial charge in [-0.05, 0) is 92.3 Å². The molecule has 8 rings (SSSR count). The number of imide groups is 1. The first-order chi connectivity index (χ1) is 38.8. The summed E-state index contributed by atoms with van der Waals surface area (Å²) in [6.45, 7) is 8.23. The number of aryl methyl sites for hydroxylation is 1. The summed E-state index contributed by atoms with van der Waals surface area (Å²) < 4.78 is 57.6. The third kappa shape index (κ3) is 12.8. The first kappa shape index (κ1) is 60.5. The van der Waals surface area contributed by atoms with E-state index in [-0.39, 0.29) is 79.7 Å². The number of aliphatic hydroxyl groups excluding tert-OH is 1. The smallest absolute Gasteiger partial charge is 0.411 e. The largest absolute Gasteiger partial charge is 0.444 e. The number of halogens is 1. The van der Waals surface area contributed by atoms with Crippen molar-refractivity contribution in [3.8, 4) is 0 Å². The van der Waals surface area contributed by atoms with Crippen LogP contribution < -0.4 is 21.3 Å². The SMILES string of the molecule is CC[C@]1(OCN(CCS(C)(=O)=O)C(=O)OCc2ccc(NC(=O)[C@H](C)NC(=O)[C@@H](NC(=O)CCCCCN3C(=O)CC(C)C3=O)C(C)C)cc2)C(=O)OC(=O)C2=C1C=C1c3nc4cc(F)c(C)c5c4c(c3CN1C2)[C@H](NC(=O)CO)CC5. The summed E-state index contributed by atoms with van der Waals surface area (Å²) in [5.74, 6) is -6.08. The van der Waals surface area contributed by atoms with E-state index in [1.807, 2.05) is 4.90 Å². The van der Waals surface area contributed by atoms with Crippen molar-refractivity contribution in [2.75, 3.05) is 50.3 Å². The minimum Gasteiger partial charge on any atom is -0.444 e. The van der Waals surface area contributed by atoms with Crippen molar-refractivity contribution >= 4 is 85.6 Å². The van der Waals surface area contributed by atoms with Crippen LogP contribution in [0.5, 0.6) is 0 Å². The topological polar surface area (TPSA) is 306 Å². The van der Waals surface area contributed by atoms with Gasteiger partial charge in [0.15, 0.2) is 5.60 Å². The number of anilines is 1. The molecule has 23 nitrogen and oxygen atoms in total. The van der Waals surface area contributed by atoms with Gasteiger partial charge in [0, 0.05) is 72.9 Å².